The van der Waals surface area contributed by atoms with Crippen molar-refractivity contribution in [2.24, 2.45) is 17.3 Å². The average molecular weight is 153 g/mol. The highest BCUT2D eigenvalue weighted by molar-refractivity contribution is 5.83. The van der Waals surface area contributed by atoms with E-state index in [1.54, 1.807) is 6.92 Å². The number of ketones is 1. The van der Waals surface area contributed by atoms with Crippen LogP contribution in [0, 0.1) is 17.3 Å². The molecule has 2 nitrogen and oxygen atoms in total. The minimum absolute atomic E-state index is 0.162. The SMILES string of the molecule is CC(=O)[C@H]1NC[C@H]2[C@@H]1C2(C)C. The highest BCUT2D eigenvalue weighted by atomic mass is 16.1. The molecule has 62 valence electrons. The third-order valence-corrected chi connectivity index (χ3v) is 3.49. The summed E-state index contributed by atoms with van der Waals surface area (Å²) >= 11 is 0. The molecule has 0 unspecified atom stereocenters. The molecule has 1 aliphatic heterocycles. The van der Waals surface area contributed by atoms with E-state index < -0.39 is 0 Å². The molecule has 3 atom stereocenters. The van der Waals surface area contributed by atoms with Crippen LogP contribution >= 0.6 is 0 Å². The van der Waals surface area contributed by atoms with Crippen LogP contribution in [0.5, 0.6) is 0 Å². The molecule has 1 N–H and O–H groups in total. The molecule has 1 saturated heterocycles. The second-order valence-corrected chi connectivity index (χ2v) is 4.45. The molecular weight excluding hydrogens is 138 g/mol. The van der Waals surface area contributed by atoms with Crippen LogP contribution in [0.3, 0.4) is 0 Å². The van der Waals surface area contributed by atoms with E-state index in [0.29, 0.717) is 17.1 Å². The number of hydrogen-bond acceptors (Lipinski definition) is 2. The lowest BCUT2D eigenvalue weighted by molar-refractivity contribution is -0.119. The first-order chi connectivity index (χ1) is 5.05. The van der Waals surface area contributed by atoms with E-state index >= 15 is 0 Å². The van der Waals surface area contributed by atoms with Crippen LogP contribution in [0.1, 0.15) is 20.8 Å². The van der Waals surface area contributed by atoms with Gasteiger partial charge in [0.2, 0.25) is 0 Å². The zero-order valence-electron chi connectivity index (χ0n) is 7.35. The van der Waals surface area contributed by atoms with Gasteiger partial charge in [-0.2, -0.15) is 0 Å². The number of carbonyl (C=O) groups is 1. The van der Waals surface area contributed by atoms with E-state index in [1.165, 1.54) is 0 Å². The fourth-order valence-electron chi connectivity index (χ4n) is 2.62. The zero-order valence-corrected chi connectivity index (χ0v) is 7.35. The van der Waals surface area contributed by atoms with Crippen molar-refractivity contribution in [3.05, 3.63) is 0 Å². The van der Waals surface area contributed by atoms with E-state index in [1.807, 2.05) is 0 Å². The molecule has 0 spiro atoms. The molecule has 0 amide bonds. The summed E-state index contributed by atoms with van der Waals surface area (Å²) in [6.07, 6.45) is 0. The van der Waals surface area contributed by atoms with Crippen molar-refractivity contribution in [2.75, 3.05) is 6.54 Å². The molecule has 0 bridgehead atoms. The number of Topliss-reactive ketones (excluding diaryl/α,β-unsaturated/α-hetero) is 1. The Balaban J connectivity index is 2.13. The van der Waals surface area contributed by atoms with Gasteiger partial charge in [0.05, 0.1) is 6.04 Å². The molecule has 11 heavy (non-hydrogen) atoms. The number of piperidine rings is 1. The Kier molecular flexibility index (Phi) is 1.23. The van der Waals surface area contributed by atoms with Crippen LogP contribution in [0.25, 0.3) is 0 Å². The lowest BCUT2D eigenvalue weighted by atomic mass is 10.0. The van der Waals surface area contributed by atoms with Crippen LogP contribution < -0.4 is 5.32 Å². The maximum atomic E-state index is 11.1. The maximum absolute atomic E-state index is 11.1. The first-order valence-electron chi connectivity index (χ1n) is 4.29. The molecular formula is C9H15NO. The van der Waals surface area contributed by atoms with Gasteiger partial charge >= 0.3 is 0 Å². The fraction of sp³-hybridized carbons (Fsp3) is 0.889. The Morgan fingerprint density at radius 3 is 2.45 bits per heavy atom. The number of carbonyl (C=O) groups excluding carboxylic acids is 1. The van der Waals surface area contributed by atoms with Gasteiger partial charge in [-0.05, 0) is 30.7 Å². The summed E-state index contributed by atoms with van der Waals surface area (Å²) in [5.74, 6) is 1.69. The third kappa shape index (κ3) is 0.791. The third-order valence-electron chi connectivity index (χ3n) is 3.49. The summed E-state index contributed by atoms with van der Waals surface area (Å²) in [4.78, 5) is 11.1. The van der Waals surface area contributed by atoms with Crippen molar-refractivity contribution in [1.29, 1.82) is 0 Å². The Labute approximate surface area is 67.4 Å². The van der Waals surface area contributed by atoms with Gasteiger partial charge in [0.1, 0.15) is 5.78 Å². The highest BCUT2D eigenvalue weighted by Gasteiger charge is 2.64. The largest absolute Gasteiger partial charge is 0.307 e. The molecule has 2 fully saturated rings. The first kappa shape index (κ1) is 7.29. The summed E-state index contributed by atoms with van der Waals surface area (Å²) in [6.45, 7) is 7.26. The van der Waals surface area contributed by atoms with Gasteiger partial charge in [0.15, 0.2) is 0 Å². The van der Waals surface area contributed by atoms with Crippen molar-refractivity contribution in [3.8, 4) is 0 Å². The minimum atomic E-state index is 0.162. The van der Waals surface area contributed by atoms with Gasteiger partial charge in [-0.3, -0.25) is 4.79 Å². The topological polar surface area (TPSA) is 29.1 Å². The van der Waals surface area contributed by atoms with Gasteiger partial charge < -0.3 is 5.32 Å². The average Bonchev–Trinajstić information content (AvgIpc) is 2.34. The second kappa shape index (κ2) is 1.86. The molecule has 2 heteroatoms. The normalized spacial score (nSPS) is 45.2. The fourth-order valence-corrected chi connectivity index (χ4v) is 2.62. The van der Waals surface area contributed by atoms with E-state index in [0.717, 1.165) is 12.5 Å². The molecule has 0 aromatic heterocycles. The smallest absolute Gasteiger partial charge is 0.146 e. The summed E-state index contributed by atoms with van der Waals surface area (Å²) in [5.41, 5.74) is 0.432. The number of rotatable bonds is 1. The number of nitrogens with one attached hydrogen (secondary N) is 1. The Morgan fingerprint density at radius 1 is 1.55 bits per heavy atom. The lowest BCUT2D eigenvalue weighted by Gasteiger charge is -2.15. The molecule has 1 aliphatic carbocycles. The van der Waals surface area contributed by atoms with Crippen LogP contribution in [0.4, 0.5) is 0 Å². The van der Waals surface area contributed by atoms with Crippen LogP contribution in [-0.4, -0.2) is 18.4 Å². The molecule has 0 aromatic rings. The molecule has 2 rings (SSSR count). The first-order valence-corrected chi connectivity index (χ1v) is 4.29. The van der Waals surface area contributed by atoms with E-state index in [4.69, 9.17) is 0 Å². The predicted molar refractivity (Wildman–Crippen MR) is 43.2 cm³/mol. The van der Waals surface area contributed by atoms with E-state index in [-0.39, 0.29) is 6.04 Å². The lowest BCUT2D eigenvalue weighted by Crippen LogP contribution is -2.36. The van der Waals surface area contributed by atoms with Crippen molar-refractivity contribution in [1.82, 2.24) is 5.32 Å². The van der Waals surface area contributed by atoms with Gasteiger partial charge in [0, 0.05) is 0 Å². The summed E-state index contributed by atoms with van der Waals surface area (Å²) in [6, 6.07) is 0.162. The van der Waals surface area contributed by atoms with Crippen molar-refractivity contribution in [3.63, 3.8) is 0 Å². The van der Waals surface area contributed by atoms with Crippen LogP contribution in [0.15, 0.2) is 0 Å². The van der Waals surface area contributed by atoms with Gasteiger partial charge in [-0.1, -0.05) is 13.8 Å². The van der Waals surface area contributed by atoms with Gasteiger partial charge in [-0.25, -0.2) is 0 Å². The molecule has 0 radical (unpaired) electrons. The van der Waals surface area contributed by atoms with E-state index in [2.05, 4.69) is 19.2 Å². The van der Waals surface area contributed by atoms with E-state index in [9.17, 15) is 4.79 Å². The standard InChI is InChI=1S/C9H15NO/c1-5(11)8-7-6(4-10-8)9(7,2)3/h6-8,10H,4H2,1-3H3/t6-,7-,8+/m0/s1. The molecule has 2 aliphatic rings. The van der Waals surface area contributed by atoms with Gasteiger partial charge in [-0.15, -0.1) is 0 Å². The molecule has 1 saturated carbocycles. The van der Waals surface area contributed by atoms with Crippen LogP contribution in [0.2, 0.25) is 0 Å². The predicted octanol–water partition coefficient (Wildman–Crippen LogP) is 0.819. The van der Waals surface area contributed by atoms with Crippen molar-refractivity contribution < 1.29 is 4.79 Å². The number of fused-ring (bicyclic) bond motifs is 1. The number of hydrogen-bond donors (Lipinski definition) is 1. The summed E-state index contributed by atoms with van der Waals surface area (Å²) in [5, 5.41) is 3.26. The van der Waals surface area contributed by atoms with Crippen molar-refractivity contribution in [2.45, 2.75) is 26.8 Å². The molecule has 1 heterocycles. The second-order valence-electron chi connectivity index (χ2n) is 4.45. The van der Waals surface area contributed by atoms with Crippen molar-refractivity contribution >= 4 is 5.78 Å². The summed E-state index contributed by atoms with van der Waals surface area (Å²) < 4.78 is 0. The maximum Gasteiger partial charge on any atom is 0.146 e. The quantitative estimate of drug-likeness (QED) is 0.604. The summed E-state index contributed by atoms with van der Waals surface area (Å²) in [7, 11) is 0. The highest BCUT2D eigenvalue weighted by Crippen LogP contribution is 2.62. The Bertz CT molecular complexity index is 210. The van der Waals surface area contributed by atoms with Gasteiger partial charge in [0.25, 0.3) is 0 Å². The Morgan fingerprint density at radius 2 is 2.18 bits per heavy atom. The Hall–Kier alpha value is -0.370. The monoisotopic (exact) mass is 153 g/mol. The minimum Gasteiger partial charge on any atom is -0.307 e. The zero-order chi connectivity index (χ0) is 8.22. The molecule has 0 aromatic carbocycles. The van der Waals surface area contributed by atoms with Crippen LogP contribution in [-0.2, 0) is 4.79 Å².